The van der Waals surface area contributed by atoms with Crippen molar-refractivity contribution < 1.29 is 18.7 Å². The first-order valence-electron chi connectivity index (χ1n) is 9.08. The fraction of sp³-hybridized carbons (Fsp3) is 0.217. The van der Waals surface area contributed by atoms with E-state index in [1.807, 2.05) is 30.3 Å². The number of esters is 1. The number of fused-ring (bicyclic) bond motifs is 1. The lowest BCUT2D eigenvalue weighted by atomic mass is 9.86. The number of ketones is 1. The van der Waals surface area contributed by atoms with Gasteiger partial charge in [-0.3, -0.25) is 4.79 Å². The number of Topliss-reactive ketones (excluding diaryl/α,β-unsaturated/α-hetero) is 1. The molecule has 0 fully saturated rings. The number of carbonyl (C=O) groups excluding carboxylic acids is 2. The number of ether oxygens (including phenoxy) is 1. The van der Waals surface area contributed by atoms with Crippen molar-refractivity contribution in [1.82, 2.24) is 0 Å². The summed E-state index contributed by atoms with van der Waals surface area (Å²) in [5.41, 5.74) is 1.07. The normalized spacial score (nSPS) is 13.1. The summed E-state index contributed by atoms with van der Waals surface area (Å²) < 4.78 is 19.2. The van der Waals surface area contributed by atoms with Gasteiger partial charge in [0.1, 0.15) is 0 Å². The Kier molecular flexibility index (Phi) is 6.42. The minimum Gasteiger partial charge on any atom is -0.464 e. The monoisotopic (exact) mass is 398 g/mol. The molecule has 0 aliphatic rings. The molecule has 0 spiro atoms. The average molecular weight is 399 g/mol. The predicted octanol–water partition coefficient (Wildman–Crippen LogP) is 5.75. The highest BCUT2D eigenvalue weighted by molar-refractivity contribution is 6.30. The van der Waals surface area contributed by atoms with Crippen molar-refractivity contribution in [2.45, 2.75) is 25.4 Å². The van der Waals surface area contributed by atoms with Crippen molar-refractivity contribution in [3.8, 4) is 0 Å². The molecule has 0 aliphatic heterocycles. The zero-order chi connectivity index (χ0) is 20.1. The van der Waals surface area contributed by atoms with Crippen molar-refractivity contribution in [3.63, 3.8) is 0 Å². The molecule has 0 amide bonds. The van der Waals surface area contributed by atoms with Gasteiger partial charge in [-0.1, -0.05) is 60.1 Å². The van der Waals surface area contributed by atoms with Crippen LogP contribution in [0.3, 0.4) is 0 Å². The van der Waals surface area contributed by atoms with Crippen LogP contribution in [0.5, 0.6) is 0 Å². The third-order valence-electron chi connectivity index (χ3n) is 4.61. The van der Waals surface area contributed by atoms with Crippen LogP contribution in [0.2, 0.25) is 5.02 Å². The molecule has 3 rings (SSSR count). The number of carbonyl (C=O) groups is 2. The van der Waals surface area contributed by atoms with Crippen LogP contribution in [0.1, 0.15) is 35.2 Å². The first-order chi connectivity index (χ1) is 13.5. The summed E-state index contributed by atoms with van der Waals surface area (Å²) in [5, 5.41) is 2.45. The smallest absolute Gasteiger partial charge is 0.340 e. The second-order valence-corrected chi connectivity index (χ2v) is 6.92. The molecule has 3 aromatic carbocycles. The van der Waals surface area contributed by atoms with Crippen molar-refractivity contribution >= 4 is 34.1 Å². The fourth-order valence-corrected chi connectivity index (χ4v) is 3.30. The van der Waals surface area contributed by atoms with Crippen LogP contribution < -0.4 is 0 Å². The molecule has 0 aromatic heterocycles. The summed E-state index contributed by atoms with van der Waals surface area (Å²) in [6.07, 6.45) is -2.17. The van der Waals surface area contributed by atoms with Gasteiger partial charge in [0.25, 0.3) is 0 Å². The summed E-state index contributed by atoms with van der Waals surface area (Å²) in [6, 6.07) is 19.7. The summed E-state index contributed by atoms with van der Waals surface area (Å²) >= 11 is 5.94. The second-order valence-electron chi connectivity index (χ2n) is 6.49. The van der Waals surface area contributed by atoms with Crippen LogP contribution in [-0.4, -0.2) is 24.5 Å². The molecule has 144 valence electrons. The van der Waals surface area contributed by atoms with Crippen LogP contribution in [0.25, 0.3) is 10.8 Å². The van der Waals surface area contributed by atoms with Crippen LogP contribution >= 0.6 is 11.6 Å². The molecule has 3 aromatic rings. The van der Waals surface area contributed by atoms with Crippen LogP contribution in [-0.2, 0) is 9.53 Å². The maximum Gasteiger partial charge on any atom is 0.340 e. The van der Waals surface area contributed by atoms with Crippen molar-refractivity contribution in [3.05, 3.63) is 82.9 Å². The number of halogens is 2. The zero-order valence-electron chi connectivity index (χ0n) is 15.4. The Balaban J connectivity index is 1.95. The number of rotatable bonds is 7. The van der Waals surface area contributed by atoms with E-state index in [-0.39, 0.29) is 18.8 Å². The van der Waals surface area contributed by atoms with Crippen molar-refractivity contribution in [2.75, 3.05) is 6.61 Å². The molecule has 0 bridgehead atoms. The minimum atomic E-state index is -1.88. The summed E-state index contributed by atoms with van der Waals surface area (Å²) in [6.45, 7) is 1.70. The summed E-state index contributed by atoms with van der Waals surface area (Å²) in [4.78, 5) is 25.0. The van der Waals surface area contributed by atoms with Gasteiger partial charge < -0.3 is 4.74 Å². The third kappa shape index (κ3) is 4.57. The van der Waals surface area contributed by atoms with Crippen LogP contribution in [0.15, 0.2) is 66.7 Å². The molecular weight excluding hydrogens is 379 g/mol. The highest BCUT2D eigenvalue weighted by Crippen LogP contribution is 2.29. The van der Waals surface area contributed by atoms with E-state index >= 15 is 0 Å². The lowest BCUT2D eigenvalue weighted by Gasteiger charge is -2.18. The van der Waals surface area contributed by atoms with E-state index < -0.39 is 18.1 Å². The van der Waals surface area contributed by atoms with Gasteiger partial charge in [0, 0.05) is 17.0 Å². The average Bonchev–Trinajstić information content (AvgIpc) is 2.72. The van der Waals surface area contributed by atoms with Gasteiger partial charge in [0.05, 0.1) is 12.5 Å². The molecule has 0 heterocycles. The van der Waals surface area contributed by atoms with Gasteiger partial charge >= 0.3 is 5.97 Å². The Hall–Kier alpha value is -2.72. The predicted molar refractivity (Wildman–Crippen MR) is 109 cm³/mol. The Morgan fingerprint density at radius 3 is 2.36 bits per heavy atom. The van der Waals surface area contributed by atoms with Crippen molar-refractivity contribution in [2.24, 2.45) is 0 Å². The molecule has 0 N–H and O–H groups in total. The number of hydrogen-bond donors (Lipinski definition) is 0. The van der Waals surface area contributed by atoms with E-state index in [1.165, 1.54) is 0 Å². The lowest BCUT2D eigenvalue weighted by Crippen LogP contribution is -2.25. The highest BCUT2D eigenvalue weighted by atomic mass is 35.5. The third-order valence-corrected chi connectivity index (χ3v) is 4.86. The standard InChI is InChI=1S/C23H20ClFO3/c1-2-28-23(27)21(25)14-20(16-9-11-19(24)12-10-16)22(26)18-8-7-15-5-3-4-6-17(15)13-18/h3-13,20-21H,2,14H2,1H3. The molecule has 28 heavy (non-hydrogen) atoms. The number of alkyl halides is 1. The largest absolute Gasteiger partial charge is 0.464 e. The molecule has 2 unspecified atom stereocenters. The molecule has 2 atom stereocenters. The first kappa shape index (κ1) is 20.0. The molecule has 0 saturated heterocycles. The van der Waals surface area contributed by atoms with Gasteiger partial charge in [0.2, 0.25) is 0 Å². The summed E-state index contributed by atoms with van der Waals surface area (Å²) in [5.74, 6) is -2.02. The maximum absolute atomic E-state index is 14.5. The Morgan fingerprint density at radius 1 is 1.00 bits per heavy atom. The van der Waals surface area contributed by atoms with Gasteiger partial charge in [-0.2, -0.15) is 0 Å². The molecular formula is C23H20ClFO3. The van der Waals surface area contributed by atoms with Gasteiger partial charge in [-0.25, -0.2) is 9.18 Å². The molecule has 5 heteroatoms. The maximum atomic E-state index is 14.5. The highest BCUT2D eigenvalue weighted by Gasteiger charge is 2.30. The van der Waals surface area contributed by atoms with Crippen LogP contribution in [0, 0.1) is 0 Å². The Morgan fingerprint density at radius 2 is 1.68 bits per heavy atom. The minimum absolute atomic E-state index is 0.0868. The van der Waals surface area contributed by atoms with E-state index in [0.717, 1.165) is 10.8 Å². The van der Waals surface area contributed by atoms with Gasteiger partial charge in [-0.15, -0.1) is 0 Å². The lowest BCUT2D eigenvalue weighted by molar-refractivity contribution is -0.149. The Bertz CT molecular complexity index is 985. The Labute approximate surface area is 168 Å². The molecule has 0 saturated carbocycles. The SMILES string of the molecule is CCOC(=O)C(F)CC(C(=O)c1ccc2ccccc2c1)c1ccc(Cl)cc1. The second kappa shape index (κ2) is 8.98. The summed E-state index contributed by atoms with van der Waals surface area (Å²) in [7, 11) is 0. The molecule has 3 nitrogen and oxygen atoms in total. The quantitative estimate of drug-likeness (QED) is 0.376. The van der Waals surface area contributed by atoms with E-state index in [2.05, 4.69) is 0 Å². The van der Waals surface area contributed by atoms with E-state index in [4.69, 9.17) is 16.3 Å². The first-order valence-corrected chi connectivity index (χ1v) is 9.46. The zero-order valence-corrected chi connectivity index (χ0v) is 16.2. The van der Waals surface area contributed by atoms with Crippen molar-refractivity contribution in [1.29, 1.82) is 0 Å². The fourth-order valence-electron chi connectivity index (χ4n) is 3.17. The van der Waals surface area contributed by atoms with Crippen LogP contribution in [0.4, 0.5) is 4.39 Å². The van der Waals surface area contributed by atoms with E-state index in [1.54, 1.807) is 43.3 Å². The molecule has 0 aliphatic carbocycles. The topological polar surface area (TPSA) is 43.4 Å². The number of hydrogen-bond acceptors (Lipinski definition) is 3. The number of benzene rings is 3. The van der Waals surface area contributed by atoms with E-state index in [0.29, 0.717) is 16.1 Å². The van der Waals surface area contributed by atoms with Gasteiger partial charge in [0.15, 0.2) is 12.0 Å². The molecule has 0 radical (unpaired) electrons. The van der Waals surface area contributed by atoms with Gasteiger partial charge in [-0.05, 0) is 41.5 Å². The van der Waals surface area contributed by atoms with E-state index in [9.17, 15) is 14.0 Å².